The number of nitrogens with two attached hydrogens (primary N) is 1. The second-order valence-corrected chi connectivity index (χ2v) is 6.22. The highest BCUT2D eigenvalue weighted by Crippen LogP contribution is 2.38. The summed E-state index contributed by atoms with van der Waals surface area (Å²) in [4.78, 5) is 0. The van der Waals surface area contributed by atoms with Crippen molar-refractivity contribution in [3.05, 3.63) is 28.8 Å². The number of hydrogen-bond acceptors (Lipinski definition) is 2. The maximum Gasteiger partial charge on any atom is 0.122 e. The molecule has 1 fully saturated rings. The van der Waals surface area contributed by atoms with Gasteiger partial charge in [0.25, 0.3) is 0 Å². The van der Waals surface area contributed by atoms with Gasteiger partial charge in [-0.1, -0.05) is 19.9 Å². The summed E-state index contributed by atoms with van der Waals surface area (Å²) in [5.74, 6) is 2.21. The third kappa shape index (κ3) is 3.11. The molecular weight excluding hydrogens is 234 g/mol. The number of rotatable bonds is 3. The molecule has 2 heteroatoms. The number of methoxy groups -OCH3 is 1. The van der Waals surface area contributed by atoms with Crippen LogP contribution in [0.5, 0.6) is 5.75 Å². The molecule has 0 unspecified atom stereocenters. The van der Waals surface area contributed by atoms with Crippen molar-refractivity contribution in [2.24, 2.45) is 5.73 Å². The van der Waals surface area contributed by atoms with Crippen molar-refractivity contribution in [2.45, 2.75) is 64.3 Å². The molecule has 0 aromatic heterocycles. The van der Waals surface area contributed by atoms with Gasteiger partial charge < -0.3 is 10.5 Å². The van der Waals surface area contributed by atoms with Gasteiger partial charge >= 0.3 is 0 Å². The Kier molecular flexibility index (Phi) is 4.51. The summed E-state index contributed by atoms with van der Waals surface area (Å²) >= 11 is 0. The van der Waals surface area contributed by atoms with Crippen LogP contribution in [0.4, 0.5) is 0 Å². The van der Waals surface area contributed by atoms with E-state index in [1.807, 2.05) is 0 Å². The van der Waals surface area contributed by atoms with Crippen LogP contribution in [0.3, 0.4) is 0 Å². The summed E-state index contributed by atoms with van der Waals surface area (Å²) < 4.78 is 5.53. The topological polar surface area (TPSA) is 35.2 Å². The van der Waals surface area contributed by atoms with Gasteiger partial charge in [0, 0.05) is 6.04 Å². The van der Waals surface area contributed by atoms with Crippen molar-refractivity contribution in [2.75, 3.05) is 7.11 Å². The maximum absolute atomic E-state index is 6.02. The van der Waals surface area contributed by atoms with Crippen molar-refractivity contribution < 1.29 is 4.74 Å². The number of ether oxygens (including phenoxy) is 1. The second-order valence-electron chi connectivity index (χ2n) is 6.22. The van der Waals surface area contributed by atoms with Crippen LogP contribution in [0.2, 0.25) is 0 Å². The Morgan fingerprint density at radius 1 is 1.16 bits per heavy atom. The molecule has 0 saturated heterocycles. The highest BCUT2D eigenvalue weighted by molar-refractivity contribution is 5.45. The largest absolute Gasteiger partial charge is 0.496 e. The van der Waals surface area contributed by atoms with E-state index in [9.17, 15) is 0 Å². The van der Waals surface area contributed by atoms with Crippen LogP contribution >= 0.6 is 0 Å². The number of benzene rings is 1. The van der Waals surface area contributed by atoms with E-state index in [0.717, 1.165) is 18.6 Å². The fraction of sp³-hybridized carbons (Fsp3) is 0.647. The average Bonchev–Trinajstić information content (AvgIpc) is 2.39. The first-order valence-electron chi connectivity index (χ1n) is 7.47. The molecule has 0 radical (unpaired) electrons. The van der Waals surface area contributed by atoms with Gasteiger partial charge in [-0.25, -0.2) is 0 Å². The summed E-state index contributed by atoms with van der Waals surface area (Å²) in [7, 11) is 1.76. The van der Waals surface area contributed by atoms with Gasteiger partial charge in [-0.3, -0.25) is 0 Å². The molecule has 1 aromatic carbocycles. The van der Waals surface area contributed by atoms with Crippen molar-refractivity contribution in [3.8, 4) is 5.75 Å². The van der Waals surface area contributed by atoms with E-state index >= 15 is 0 Å². The summed E-state index contributed by atoms with van der Waals surface area (Å²) in [5.41, 5.74) is 10.2. The average molecular weight is 261 g/mol. The third-order valence-corrected chi connectivity index (χ3v) is 4.45. The molecule has 2 rings (SSSR count). The fourth-order valence-electron chi connectivity index (χ4n) is 3.21. The Hall–Kier alpha value is -1.02. The van der Waals surface area contributed by atoms with Crippen LogP contribution in [0.25, 0.3) is 0 Å². The Bertz CT molecular complexity index is 431. The quantitative estimate of drug-likeness (QED) is 0.888. The number of hydrogen-bond donors (Lipinski definition) is 1. The van der Waals surface area contributed by atoms with Crippen LogP contribution in [-0.4, -0.2) is 13.2 Å². The van der Waals surface area contributed by atoms with E-state index < -0.39 is 0 Å². The molecule has 1 aliphatic rings. The van der Waals surface area contributed by atoms with Gasteiger partial charge in [-0.15, -0.1) is 0 Å². The smallest absolute Gasteiger partial charge is 0.122 e. The van der Waals surface area contributed by atoms with E-state index in [1.165, 1.54) is 29.5 Å². The molecule has 0 spiro atoms. The fourth-order valence-corrected chi connectivity index (χ4v) is 3.21. The summed E-state index contributed by atoms with van der Waals surface area (Å²) in [5, 5.41) is 0. The zero-order valence-corrected chi connectivity index (χ0v) is 12.7. The van der Waals surface area contributed by atoms with Crippen molar-refractivity contribution in [1.82, 2.24) is 0 Å². The standard InChI is InChI=1S/C17H27NO/c1-11(2)15-10-16(12(3)9-17(15)19-4)13-5-7-14(18)8-6-13/h9-11,13-14H,5-8,18H2,1-4H3. The molecule has 1 aromatic rings. The van der Waals surface area contributed by atoms with Gasteiger partial charge in [-0.2, -0.15) is 0 Å². The minimum Gasteiger partial charge on any atom is -0.496 e. The molecule has 1 saturated carbocycles. The lowest BCUT2D eigenvalue weighted by Crippen LogP contribution is -2.26. The third-order valence-electron chi connectivity index (χ3n) is 4.45. The Balaban J connectivity index is 2.32. The maximum atomic E-state index is 6.02. The highest BCUT2D eigenvalue weighted by atomic mass is 16.5. The van der Waals surface area contributed by atoms with E-state index in [-0.39, 0.29) is 0 Å². The van der Waals surface area contributed by atoms with Gasteiger partial charge in [0.05, 0.1) is 7.11 Å². The van der Waals surface area contributed by atoms with Crippen LogP contribution in [-0.2, 0) is 0 Å². The van der Waals surface area contributed by atoms with Crippen molar-refractivity contribution >= 4 is 0 Å². The van der Waals surface area contributed by atoms with Crippen LogP contribution in [0.15, 0.2) is 12.1 Å². The first kappa shape index (κ1) is 14.4. The molecule has 0 bridgehead atoms. The summed E-state index contributed by atoms with van der Waals surface area (Å²) in [6, 6.07) is 5.00. The first-order valence-corrected chi connectivity index (χ1v) is 7.47. The van der Waals surface area contributed by atoms with Gasteiger partial charge in [-0.05, 0) is 67.2 Å². The molecule has 2 N–H and O–H groups in total. The number of aryl methyl sites for hydroxylation is 1. The monoisotopic (exact) mass is 261 g/mol. The van der Waals surface area contributed by atoms with Gasteiger partial charge in [0.2, 0.25) is 0 Å². The normalized spacial score (nSPS) is 23.7. The first-order chi connectivity index (χ1) is 9.02. The lowest BCUT2D eigenvalue weighted by Gasteiger charge is -2.28. The molecule has 1 aliphatic carbocycles. The lowest BCUT2D eigenvalue weighted by molar-refractivity contribution is 0.391. The molecule has 0 atom stereocenters. The molecule has 0 amide bonds. The predicted molar refractivity (Wildman–Crippen MR) is 81.0 cm³/mol. The molecular formula is C17H27NO. The van der Waals surface area contributed by atoms with Gasteiger partial charge in [0.1, 0.15) is 5.75 Å². The lowest BCUT2D eigenvalue weighted by atomic mass is 9.79. The van der Waals surface area contributed by atoms with E-state index in [0.29, 0.717) is 17.9 Å². The van der Waals surface area contributed by atoms with Crippen LogP contribution in [0.1, 0.15) is 68.1 Å². The van der Waals surface area contributed by atoms with E-state index in [1.54, 1.807) is 7.11 Å². The molecule has 0 aliphatic heterocycles. The zero-order valence-electron chi connectivity index (χ0n) is 12.7. The van der Waals surface area contributed by atoms with Crippen LogP contribution < -0.4 is 10.5 Å². The van der Waals surface area contributed by atoms with Gasteiger partial charge in [0.15, 0.2) is 0 Å². The van der Waals surface area contributed by atoms with E-state index in [4.69, 9.17) is 10.5 Å². The van der Waals surface area contributed by atoms with Crippen molar-refractivity contribution in [3.63, 3.8) is 0 Å². The Labute approximate surface area is 117 Å². The molecule has 2 nitrogen and oxygen atoms in total. The van der Waals surface area contributed by atoms with E-state index in [2.05, 4.69) is 32.9 Å². The second kappa shape index (κ2) is 5.96. The molecule has 0 heterocycles. The minimum absolute atomic E-state index is 0.416. The van der Waals surface area contributed by atoms with Crippen molar-refractivity contribution in [1.29, 1.82) is 0 Å². The Morgan fingerprint density at radius 2 is 1.79 bits per heavy atom. The summed E-state index contributed by atoms with van der Waals surface area (Å²) in [6.07, 6.45) is 4.78. The predicted octanol–water partition coefficient (Wildman–Crippen LogP) is 4.11. The summed E-state index contributed by atoms with van der Waals surface area (Å²) in [6.45, 7) is 6.66. The SMILES string of the molecule is COc1cc(C)c(C2CCC(N)CC2)cc1C(C)C. The Morgan fingerprint density at radius 3 is 2.32 bits per heavy atom. The zero-order chi connectivity index (χ0) is 14.0. The van der Waals surface area contributed by atoms with Crippen LogP contribution in [0, 0.1) is 6.92 Å². The molecule has 106 valence electrons. The molecule has 19 heavy (non-hydrogen) atoms. The highest BCUT2D eigenvalue weighted by Gasteiger charge is 2.23. The minimum atomic E-state index is 0.416.